The number of amides is 1. The highest BCUT2D eigenvalue weighted by Gasteiger charge is 2.46. The number of benzene rings is 1. The first-order chi connectivity index (χ1) is 16.2. The van der Waals surface area contributed by atoms with E-state index in [1.54, 1.807) is 24.3 Å². The van der Waals surface area contributed by atoms with Gasteiger partial charge in [0.15, 0.2) is 11.7 Å². The van der Waals surface area contributed by atoms with E-state index < -0.39 is 24.2 Å². The maximum Gasteiger partial charge on any atom is 0.410 e. The minimum absolute atomic E-state index is 0.102. The van der Waals surface area contributed by atoms with Crippen molar-refractivity contribution in [2.24, 2.45) is 0 Å². The zero-order valence-corrected chi connectivity index (χ0v) is 19.3. The first-order valence-electron chi connectivity index (χ1n) is 10.8. The van der Waals surface area contributed by atoms with Crippen LogP contribution in [0.2, 0.25) is 5.02 Å². The Kier molecular flexibility index (Phi) is 5.78. The number of carbonyl (C=O) groups is 1. The summed E-state index contributed by atoms with van der Waals surface area (Å²) < 4.78 is 42.6. The van der Waals surface area contributed by atoms with E-state index in [0.29, 0.717) is 21.2 Å². The summed E-state index contributed by atoms with van der Waals surface area (Å²) in [6.07, 6.45) is -1.18. The number of rotatable bonds is 3. The van der Waals surface area contributed by atoms with E-state index in [0.717, 1.165) is 40.8 Å². The maximum atomic E-state index is 13.9. The predicted molar refractivity (Wildman–Crippen MR) is 123 cm³/mol. The summed E-state index contributed by atoms with van der Waals surface area (Å²) in [7, 11) is 0. The molecular weight excluding hydrogens is 487 g/mol. The average Bonchev–Trinajstić information content (AvgIpc) is 3.39. The van der Waals surface area contributed by atoms with Crippen LogP contribution >= 0.6 is 22.9 Å². The van der Waals surface area contributed by atoms with E-state index in [-0.39, 0.29) is 17.9 Å². The van der Waals surface area contributed by atoms with Crippen LogP contribution in [0, 0.1) is 11.3 Å². The van der Waals surface area contributed by atoms with Crippen LogP contribution in [0.5, 0.6) is 0 Å². The van der Waals surface area contributed by atoms with Crippen LogP contribution in [0.25, 0.3) is 0 Å². The van der Waals surface area contributed by atoms with Gasteiger partial charge >= 0.3 is 6.18 Å². The van der Waals surface area contributed by atoms with Crippen molar-refractivity contribution in [2.75, 3.05) is 10.6 Å². The molecule has 0 spiro atoms. The molecule has 2 aromatic heterocycles. The molecule has 11 heteroatoms. The molecular formula is C23H19ClF3N5OS. The van der Waals surface area contributed by atoms with Crippen LogP contribution < -0.4 is 10.6 Å². The van der Waals surface area contributed by atoms with Gasteiger partial charge in [-0.1, -0.05) is 23.7 Å². The standard InChI is InChI=1S/C23H19ClF3N5OS/c24-13-7-5-12(6-8-13)16-9-19(23(25,26)27)32-20(29-16)10-17(31-32)21(33)30-22-15(11-28)14-3-1-2-4-18(14)34-22/h5-8,10,16,19,29H,1-4,9H2,(H,30,33)/t16-,19+/m0/s1. The minimum atomic E-state index is -4.55. The number of halogens is 4. The van der Waals surface area contributed by atoms with E-state index in [1.807, 2.05) is 0 Å². The third kappa shape index (κ3) is 4.14. The fourth-order valence-corrected chi connectivity index (χ4v) is 5.90. The highest BCUT2D eigenvalue weighted by Crippen LogP contribution is 2.44. The van der Waals surface area contributed by atoms with Crippen molar-refractivity contribution in [1.29, 1.82) is 5.26 Å². The Morgan fingerprint density at radius 3 is 2.71 bits per heavy atom. The lowest BCUT2D eigenvalue weighted by Gasteiger charge is -2.33. The molecule has 2 aliphatic rings. The topological polar surface area (TPSA) is 82.7 Å². The molecule has 1 amide bonds. The molecule has 34 heavy (non-hydrogen) atoms. The van der Waals surface area contributed by atoms with Crippen LogP contribution in [0.1, 0.15) is 63.4 Å². The summed E-state index contributed by atoms with van der Waals surface area (Å²) in [4.78, 5) is 14.0. The van der Waals surface area contributed by atoms with Crippen LogP contribution in [-0.2, 0) is 12.8 Å². The van der Waals surface area contributed by atoms with Crippen molar-refractivity contribution in [3.05, 3.63) is 62.6 Å². The quantitative estimate of drug-likeness (QED) is 0.440. The molecule has 5 rings (SSSR count). The van der Waals surface area contributed by atoms with Crippen molar-refractivity contribution < 1.29 is 18.0 Å². The molecule has 2 N–H and O–H groups in total. The van der Waals surface area contributed by atoms with Gasteiger partial charge in [-0.2, -0.15) is 23.5 Å². The first-order valence-corrected chi connectivity index (χ1v) is 12.0. The number of anilines is 2. The van der Waals surface area contributed by atoms with Gasteiger partial charge in [0.2, 0.25) is 0 Å². The third-order valence-electron chi connectivity index (χ3n) is 6.21. The molecule has 1 aliphatic heterocycles. The second-order valence-corrected chi connectivity index (χ2v) is 9.92. The smallest absolute Gasteiger partial charge is 0.363 e. The Morgan fingerprint density at radius 1 is 1.26 bits per heavy atom. The number of hydrogen-bond donors (Lipinski definition) is 2. The highest BCUT2D eigenvalue weighted by atomic mass is 35.5. The van der Waals surface area contributed by atoms with Crippen molar-refractivity contribution >= 4 is 39.7 Å². The molecule has 2 atom stereocenters. The number of fused-ring (bicyclic) bond motifs is 2. The van der Waals surface area contributed by atoms with Crippen molar-refractivity contribution in [3.63, 3.8) is 0 Å². The van der Waals surface area contributed by atoms with Gasteiger partial charge in [-0.25, -0.2) is 4.68 Å². The van der Waals surface area contributed by atoms with Gasteiger partial charge in [0.25, 0.3) is 5.91 Å². The van der Waals surface area contributed by atoms with E-state index in [2.05, 4.69) is 21.8 Å². The molecule has 1 aromatic carbocycles. The van der Waals surface area contributed by atoms with Crippen LogP contribution in [0.4, 0.5) is 24.0 Å². The SMILES string of the molecule is N#Cc1c(NC(=O)c2cc3n(n2)[C@@H](C(F)(F)F)C[C@@H](c2ccc(Cl)cc2)N3)sc2c1CCCC2. The second kappa shape index (κ2) is 8.64. The van der Waals surface area contributed by atoms with Gasteiger partial charge < -0.3 is 10.6 Å². The first kappa shape index (κ1) is 22.7. The van der Waals surface area contributed by atoms with Crippen molar-refractivity contribution in [2.45, 2.75) is 50.4 Å². The number of alkyl halides is 3. The molecule has 3 heterocycles. The summed E-state index contributed by atoms with van der Waals surface area (Å²) in [6.45, 7) is 0. The fraction of sp³-hybridized carbons (Fsp3) is 0.348. The number of aromatic nitrogens is 2. The van der Waals surface area contributed by atoms with E-state index in [1.165, 1.54) is 17.4 Å². The number of nitrogens with one attached hydrogen (secondary N) is 2. The lowest BCUT2D eigenvalue weighted by Crippen LogP contribution is -2.35. The normalized spacial score (nSPS) is 19.5. The molecule has 0 fully saturated rings. The van der Waals surface area contributed by atoms with E-state index in [4.69, 9.17) is 11.6 Å². The number of nitrogens with zero attached hydrogens (tertiary/aromatic N) is 3. The van der Waals surface area contributed by atoms with Gasteiger partial charge in [-0.05, 0) is 48.9 Å². The van der Waals surface area contributed by atoms with Gasteiger partial charge in [0.05, 0.1) is 11.6 Å². The predicted octanol–water partition coefficient (Wildman–Crippen LogP) is 6.26. The summed E-state index contributed by atoms with van der Waals surface area (Å²) in [6, 6.07) is 7.56. The minimum Gasteiger partial charge on any atom is -0.363 e. The largest absolute Gasteiger partial charge is 0.410 e. The molecule has 0 saturated carbocycles. The lowest BCUT2D eigenvalue weighted by atomic mass is 9.96. The summed E-state index contributed by atoms with van der Waals surface area (Å²) in [5.41, 5.74) is 1.90. The molecule has 1 aliphatic carbocycles. The van der Waals surface area contributed by atoms with Crippen molar-refractivity contribution in [1.82, 2.24) is 9.78 Å². The molecule has 6 nitrogen and oxygen atoms in total. The Labute approximate surface area is 202 Å². The van der Waals surface area contributed by atoms with Gasteiger partial charge in [-0.3, -0.25) is 4.79 Å². The van der Waals surface area contributed by atoms with Gasteiger partial charge in [-0.15, -0.1) is 11.3 Å². The zero-order valence-electron chi connectivity index (χ0n) is 17.7. The zero-order chi connectivity index (χ0) is 24.0. The summed E-state index contributed by atoms with van der Waals surface area (Å²) in [5.74, 6) is -0.549. The number of hydrogen-bond acceptors (Lipinski definition) is 5. The molecule has 3 aromatic rings. The molecule has 176 valence electrons. The van der Waals surface area contributed by atoms with Gasteiger partial charge in [0, 0.05) is 22.4 Å². The van der Waals surface area contributed by atoms with Crippen LogP contribution in [0.3, 0.4) is 0 Å². The Balaban J connectivity index is 1.45. The maximum absolute atomic E-state index is 13.9. The summed E-state index contributed by atoms with van der Waals surface area (Å²) >= 11 is 7.27. The molecule has 0 bridgehead atoms. The molecule has 0 unspecified atom stereocenters. The van der Waals surface area contributed by atoms with E-state index >= 15 is 0 Å². The van der Waals surface area contributed by atoms with Crippen LogP contribution in [-0.4, -0.2) is 21.9 Å². The average molecular weight is 506 g/mol. The van der Waals surface area contributed by atoms with Gasteiger partial charge in [0.1, 0.15) is 16.9 Å². The number of nitriles is 1. The number of thiophene rings is 1. The molecule has 0 saturated heterocycles. The van der Waals surface area contributed by atoms with Crippen LogP contribution in [0.15, 0.2) is 30.3 Å². The molecule has 0 radical (unpaired) electrons. The Bertz CT molecular complexity index is 1290. The number of carbonyl (C=O) groups excluding carboxylic acids is 1. The monoisotopic (exact) mass is 505 g/mol. The summed E-state index contributed by atoms with van der Waals surface area (Å²) in [5, 5.41) is 20.3. The Morgan fingerprint density at radius 2 is 2.00 bits per heavy atom. The lowest BCUT2D eigenvalue weighted by molar-refractivity contribution is -0.173. The Hall–Kier alpha value is -3.03. The highest BCUT2D eigenvalue weighted by molar-refractivity contribution is 7.16. The fourth-order valence-electron chi connectivity index (χ4n) is 4.54. The third-order valence-corrected chi connectivity index (χ3v) is 7.66. The second-order valence-electron chi connectivity index (χ2n) is 8.38. The van der Waals surface area contributed by atoms with E-state index in [9.17, 15) is 23.2 Å². The number of aryl methyl sites for hydroxylation is 1. The van der Waals surface area contributed by atoms with Crippen molar-refractivity contribution in [3.8, 4) is 6.07 Å².